The Morgan fingerprint density at radius 3 is 0.556 bits per heavy atom. The van der Waals surface area contributed by atoms with Gasteiger partial charge < -0.3 is 26.6 Å². The largest absolute Gasteiger partial charge is 0.481 e. The number of aliphatic carboxylic acids is 4. The normalized spacial score (nSPS) is 5.56. The van der Waals surface area contributed by atoms with E-state index in [1.54, 1.807) is 0 Å². The van der Waals surface area contributed by atoms with Crippen LogP contribution in [0.25, 0.3) is 0 Å². The van der Waals surface area contributed by atoms with E-state index in [4.69, 9.17) is 39.6 Å². The van der Waals surface area contributed by atoms with Gasteiger partial charge in [0, 0.05) is 53.9 Å². The molecule has 0 aromatic carbocycles. The van der Waals surface area contributed by atoms with Crippen LogP contribution in [0.4, 0.5) is 0 Å². The van der Waals surface area contributed by atoms with E-state index in [0.717, 1.165) is 27.7 Å². The summed E-state index contributed by atoms with van der Waals surface area (Å²) in [6, 6.07) is 0. The Morgan fingerprint density at radius 2 is 0.556 bits per heavy atom. The van der Waals surface area contributed by atoms with Gasteiger partial charge in [-0.05, 0) is 0 Å². The average Bonchev–Trinajstić information content (AvgIpc) is 1.76. The van der Waals surface area contributed by atoms with Gasteiger partial charge in [0.1, 0.15) is 0 Å². The van der Waals surface area contributed by atoms with Gasteiger partial charge in [-0.25, -0.2) is 0 Å². The zero-order chi connectivity index (χ0) is 14.3. The van der Waals surface area contributed by atoms with Crippen LogP contribution in [-0.2, 0) is 45.4 Å². The fourth-order valence-electron chi connectivity index (χ4n) is 0. The van der Waals surface area contributed by atoms with Crippen LogP contribution in [0.15, 0.2) is 0 Å². The van der Waals surface area contributed by atoms with Gasteiger partial charge in [0.15, 0.2) is 0 Å². The number of hydrogen-bond acceptors (Lipinski definition) is 5. The fraction of sp³-hybridized carbons (Fsp3) is 0.500. The van der Waals surface area contributed by atoms with Gasteiger partial charge in [-0.15, -0.1) is 0 Å². The van der Waals surface area contributed by atoms with Gasteiger partial charge in [0.25, 0.3) is 23.9 Å². The maximum atomic E-state index is 9.00. The summed E-state index contributed by atoms with van der Waals surface area (Å²) in [6.45, 7) is 4.33. The molecule has 0 radical (unpaired) electrons. The quantitative estimate of drug-likeness (QED) is 0.416. The van der Waals surface area contributed by atoms with Crippen molar-refractivity contribution in [1.82, 2.24) is 6.15 Å². The van der Waals surface area contributed by atoms with Gasteiger partial charge in [-0.2, -0.15) is 0 Å². The first-order valence-electron chi connectivity index (χ1n) is 3.71. The van der Waals surface area contributed by atoms with Crippen LogP contribution in [0.3, 0.4) is 0 Å². The molecule has 18 heavy (non-hydrogen) atoms. The van der Waals surface area contributed by atoms with Crippen LogP contribution in [-0.4, -0.2) is 44.3 Å². The van der Waals surface area contributed by atoms with Crippen LogP contribution in [0.5, 0.6) is 0 Å². The zero-order valence-corrected chi connectivity index (χ0v) is 13.1. The summed E-state index contributed by atoms with van der Waals surface area (Å²) in [5, 5.41) is 29.7. The molecule has 0 saturated carbocycles. The van der Waals surface area contributed by atoms with E-state index in [1.165, 1.54) is 0 Å². The Balaban J connectivity index is -0.0000000257. The second-order valence-corrected chi connectivity index (χ2v) is 2.08. The van der Waals surface area contributed by atoms with Gasteiger partial charge in [0.05, 0.1) is 0 Å². The molecule has 0 unspecified atom stereocenters. The Labute approximate surface area is 124 Å². The fourth-order valence-corrected chi connectivity index (χ4v) is 0. The molecule has 0 aromatic heterocycles. The minimum atomic E-state index is -0.833. The average molecular weight is 348 g/mol. The van der Waals surface area contributed by atoms with Gasteiger partial charge in [-0.1, -0.05) is 0 Å². The number of carbonyl (C=O) groups is 4. The molecule has 108 valence electrons. The monoisotopic (exact) mass is 347 g/mol. The van der Waals surface area contributed by atoms with Gasteiger partial charge in [-0.3, -0.25) is 19.2 Å². The van der Waals surface area contributed by atoms with E-state index in [0.29, 0.717) is 0 Å². The van der Waals surface area contributed by atoms with E-state index >= 15 is 0 Å². The predicted octanol–water partition coefficient (Wildman–Crippen LogP) is 0.523. The smallest absolute Gasteiger partial charge is 0.300 e. The molecule has 0 rings (SSSR count). The van der Waals surface area contributed by atoms with Crippen molar-refractivity contribution in [2.45, 2.75) is 27.7 Å². The van der Waals surface area contributed by atoms with E-state index in [9.17, 15) is 0 Å². The molecule has 0 fully saturated rings. The molecule has 10 heteroatoms. The summed E-state index contributed by atoms with van der Waals surface area (Å²) in [5.41, 5.74) is 0. The summed E-state index contributed by atoms with van der Waals surface area (Å²) < 4.78 is 0. The van der Waals surface area contributed by atoms with Crippen molar-refractivity contribution >= 4 is 23.9 Å². The molecule has 7 N–H and O–H groups in total. The Morgan fingerprint density at radius 1 is 0.556 bits per heavy atom. The zero-order valence-electron chi connectivity index (χ0n) is 10.6. The topological polar surface area (TPSA) is 184 Å². The first kappa shape index (κ1) is 36.0. The van der Waals surface area contributed by atoms with E-state index in [1.807, 2.05) is 0 Å². The van der Waals surface area contributed by atoms with Crippen molar-refractivity contribution in [2.75, 3.05) is 0 Å². The van der Waals surface area contributed by atoms with Gasteiger partial charge >= 0.3 is 0 Å². The third kappa shape index (κ3) is 1700. The SMILES string of the molecule is CC(=O)O.CC(=O)O.CC(=O)O.CC(=O)O.N.[Zr]. The molecule has 0 amide bonds. The minimum Gasteiger partial charge on any atom is -0.481 e. The van der Waals surface area contributed by atoms with Gasteiger partial charge in [0.2, 0.25) is 0 Å². The molecule has 0 aromatic rings. The molecule has 0 aliphatic heterocycles. The Bertz CT molecular complexity index is 167. The number of carboxylic acid groups (broad SMARTS) is 4. The Kier molecular flexibility index (Phi) is 59.2. The van der Waals surface area contributed by atoms with Crippen molar-refractivity contribution in [3.63, 3.8) is 0 Å². The summed E-state index contributed by atoms with van der Waals surface area (Å²) in [4.78, 5) is 36.0. The van der Waals surface area contributed by atoms with E-state index < -0.39 is 23.9 Å². The number of hydrogen-bond donors (Lipinski definition) is 5. The number of carboxylic acids is 4. The molecule has 0 spiro atoms. The van der Waals surface area contributed by atoms with Crippen LogP contribution in [0.2, 0.25) is 0 Å². The molecule has 0 aliphatic carbocycles. The molecule has 0 saturated heterocycles. The molecule has 0 bridgehead atoms. The minimum absolute atomic E-state index is 0. The first-order chi connectivity index (χ1) is 6.93. The summed E-state index contributed by atoms with van der Waals surface area (Å²) in [5.74, 6) is -3.33. The standard InChI is InChI=1S/4C2H4O2.H3N.Zr/c4*1-2(3)4;;/h4*1H3,(H,3,4);1H3;. The van der Waals surface area contributed by atoms with Crippen molar-refractivity contribution in [1.29, 1.82) is 0 Å². The maximum Gasteiger partial charge on any atom is 0.300 e. The van der Waals surface area contributed by atoms with Crippen LogP contribution in [0, 0.1) is 0 Å². The van der Waals surface area contributed by atoms with Crippen molar-refractivity contribution in [3.8, 4) is 0 Å². The third-order valence-electron chi connectivity index (χ3n) is 0. The van der Waals surface area contributed by atoms with E-state index in [-0.39, 0.29) is 32.4 Å². The van der Waals surface area contributed by atoms with Crippen molar-refractivity contribution in [2.24, 2.45) is 0 Å². The summed E-state index contributed by atoms with van der Waals surface area (Å²) >= 11 is 0. The summed E-state index contributed by atoms with van der Waals surface area (Å²) in [6.07, 6.45) is 0. The molecular formula is C8H19NO8Zr. The molecule has 9 nitrogen and oxygen atoms in total. The van der Waals surface area contributed by atoms with E-state index in [2.05, 4.69) is 0 Å². The van der Waals surface area contributed by atoms with Crippen molar-refractivity contribution in [3.05, 3.63) is 0 Å². The second kappa shape index (κ2) is 29.6. The third-order valence-corrected chi connectivity index (χ3v) is 0. The Hall–Kier alpha value is -1.28. The van der Waals surface area contributed by atoms with Crippen LogP contribution < -0.4 is 6.15 Å². The van der Waals surface area contributed by atoms with Crippen molar-refractivity contribution < 1.29 is 65.8 Å². The maximum absolute atomic E-state index is 9.00. The molecule has 0 atom stereocenters. The molecular weight excluding hydrogens is 329 g/mol. The molecule has 0 heterocycles. The summed E-state index contributed by atoms with van der Waals surface area (Å²) in [7, 11) is 0. The van der Waals surface area contributed by atoms with Crippen LogP contribution in [0.1, 0.15) is 27.7 Å². The number of rotatable bonds is 0. The molecule has 0 aliphatic rings. The van der Waals surface area contributed by atoms with Crippen LogP contribution >= 0.6 is 0 Å². The predicted molar refractivity (Wildman–Crippen MR) is 58.3 cm³/mol. The first-order valence-corrected chi connectivity index (χ1v) is 3.71. The second-order valence-electron chi connectivity index (χ2n) is 2.08.